The number of anilines is 1. The van der Waals surface area contributed by atoms with Crippen LogP contribution in [0, 0.1) is 18.3 Å². The topological polar surface area (TPSA) is 169 Å². The SMILES string of the molecule is Cc1nc(N)c2c(C#N)cn(C3O[C@H](COC(=O)c4ccccc4)[C@@H](OC(=O)c4ccccc4)[C@H]3OC(=O)c3ccccc3)c2n1. The van der Waals surface area contributed by atoms with Gasteiger partial charge in [0.05, 0.1) is 27.6 Å². The summed E-state index contributed by atoms with van der Waals surface area (Å²) in [5.41, 5.74) is 7.37. The Morgan fingerprint density at radius 3 is 1.89 bits per heavy atom. The number of benzene rings is 3. The first-order chi connectivity index (χ1) is 22.3. The number of nitrogen functional groups attached to an aromatic ring is 1. The maximum atomic E-state index is 13.5. The van der Waals surface area contributed by atoms with Crippen molar-refractivity contribution in [1.29, 1.82) is 5.26 Å². The van der Waals surface area contributed by atoms with Crippen LogP contribution in [0.2, 0.25) is 0 Å². The lowest BCUT2D eigenvalue weighted by Crippen LogP contribution is -2.41. The number of ether oxygens (including phenoxy) is 4. The van der Waals surface area contributed by atoms with Gasteiger partial charge in [0.15, 0.2) is 18.4 Å². The molecule has 3 heterocycles. The molecule has 1 saturated heterocycles. The highest BCUT2D eigenvalue weighted by Gasteiger charge is 2.52. The smallest absolute Gasteiger partial charge is 0.338 e. The molecule has 6 rings (SSSR count). The van der Waals surface area contributed by atoms with Gasteiger partial charge in [-0.2, -0.15) is 5.26 Å². The number of hydrogen-bond acceptors (Lipinski definition) is 11. The first-order valence-electron chi connectivity index (χ1n) is 14.3. The number of aromatic nitrogens is 3. The molecule has 5 aromatic rings. The maximum Gasteiger partial charge on any atom is 0.338 e. The molecule has 2 aromatic heterocycles. The van der Waals surface area contributed by atoms with Crippen molar-refractivity contribution in [3.63, 3.8) is 0 Å². The lowest BCUT2D eigenvalue weighted by Gasteiger charge is -2.25. The molecule has 3 aromatic carbocycles. The third kappa shape index (κ3) is 5.99. The number of esters is 3. The molecule has 0 saturated carbocycles. The van der Waals surface area contributed by atoms with Crippen molar-refractivity contribution in [3.05, 3.63) is 125 Å². The van der Waals surface area contributed by atoms with Crippen molar-refractivity contribution >= 4 is 34.8 Å². The van der Waals surface area contributed by atoms with E-state index in [4.69, 9.17) is 24.7 Å². The molecule has 0 aliphatic carbocycles. The van der Waals surface area contributed by atoms with E-state index in [-0.39, 0.29) is 40.1 Å². The molecule has 12 nitrogen and oxygen atoms in total. The number of carbonyl (C=O) groups is 3. The summed E-state index contributed by atoms with van der Waals surface area (Å²) in [6.45, 7) is 1.27. The van der Waals surface area contributed by atoms with Crippen molar-refractivity contribution in [2.75, 3.05) is 12.3 Å². The van der Waals surface area contributed by atoms with Gasteiger partial charge < -0.3 is 29.2 Å². The van der Waals surface area contributed by atoms with Crippen LogP contribution in [-0.2, 0) is 18.9 Å². The average Bonchev–Trinajstić information content (AvgIpc) is 3.62. The van der Waals surface area contributed by atoms with E-state index in [0.717, 1.165) is 0 Å². The molecule has 1 unspecified atom stereocenters. The van der Waals surface area contributed by atoms with Gasteiger partial charge in [-0.15, -0.1) is 0 Å². The number of nitrogens with zero attached hydrogens (tertiary/aromatic N) is 4. The van der Waals surface area contributed by atoms with Crippen LogP contribution in [0.1, 0.15) is 48.7 Å². The van der Waals surface area contributed by atoms with Crippen molar-refractivity contribution in [1.82, 2.24) is 14.5 Å². The van der Waals surface area contributed by atoms with Crippen LogP contribution in [0.4, 0.5) is 5.82 Å². The molecule has 2 N–H and O–H groups in total. The Labute approximate surface area is 262 Å². The fraction of sp³-hybridized carbons (Fsp3) is 0.176. The highest BCUT2D eigenvalue weighted by molar-refractivity contribution is 5.93. The normalized spacial score (nSPS) is 18.9. The molecule has 1 aliphatic heterocycles. The maximum absolute atomic E-state index is 13.5. The minimum atomic E-state index is -1.29. The van der Waals surface area contributed by atoms with Crippen molar-refractivity contribution in [2.45, 2.75) is 31.5 Å². The van der Waals surface area contributed by atoms with Gasteiger partial charge in [-0.1, -0.05) is 54.6 Å². The van der Waals surface area contributed by atoms with Gasteiger partial charge in [-0.25, -0.2) is 24.4 Å². The predicted octanol–water partition coefficient (Wildman–Crippen LogP) is 4.40. The molecule has 1 fully saturated rings. The molecule has 4 atom stereocenters. The number of fused-ring (bicyclic) bond motifs is 1. The Bertz CT molecular complexity index is 1940. The van der Waals surface area contributed by atoms with E-state index in [0.29, 0.717) is 11.4 Å². The van der Waals surface area contributed by atoms with Crippen LogP contribution >= 0.6 is 0 Å². The second kappa shape index (κ2) is 12.9. The Kier molecular flexibility index (Phi) is 8.40. The zero-order valence-electron chi connectivity index (χ0n) is 24.5. The zero-order valence-corrected chi connectivity index (χ0v) is 24.5. The molecular weight excluding hydrogens is 590 g/mol. The monoisotopic (exact) mass is 617 g/mol. The average molecular weight is 618 g/mol. The standard InChI is InChI=1S/C34H27N5O7/c1-20-37-29(36)26-24(17-35)18-39(30(26)38-20)31-28(46-34(42)23-15-9-4-10-16-23)27(45-33(41)22-13-7-3-8-14-22)25(44-31)19-43-32(40)21-11-5-2-6-12-21/h2-16,18,25,27-28,31H,19H2,1H3,(H2,36,37,38)/t25-,27-,28-,31?/m1/s1. The number of nitrogens with two attached hydrogens (primary N) is 1. The van der Waals surface area contributed by atoms with Crippen LogP contribution in [-0.4, -0.2) is 57.4 Å². The second-order valence-corrected chi connectivity index (χ2v) is 10.4. The second-order valence-electron chi connectivity index (χ2n) is 10.4. The number of carbonyl (C=O) groups excluding carboxylic acids is 3. The Morgan fingerprint density at radius 2 is 1.35 bits per heavy atom. The molecule has 230 valence electrons. The van der Waals surface area contributed by atoms with E-state index >= 15 is 0 Å². The molecule has 46 heavy (non-hydrogen) atoms. The van der Waals surface area contributed by atoms with E-state index in [9.17, 15) is 19.6 Å². The minimum Gasteiger partial charge on any atom is -0.459 e. The summed E-state index contributed by atoms with van der Waals surface area (Å²) in [5, 5.41) is 10.2. The van der Waals surface area contributed by atoms with E-state index in [1.54, 1.807) is 97.9 Å². The van der Waals surface area contributed by atoms with E-state index in [1.807, 2.05) is 0 Å². The summed E-state index contributed by atoms with van der Waals surface area (Å²) in [4.78, 5) is 48.4. The molecule has 1 aliphatic rings. The number of hydrogen-bond donors (Lipinski definition) is 1. The molecule has 0 spiro atoms. The van der Waals surface area contributed by atoms with Crippen LogP contribution in [0.3, 0.4) is 0 Å². The van der Waals surface area contributed by atoms with Gasteiger partial charge in [0.1, 0.15) is 36.1 Å². The first kappa shape index (κ1) is 30.0. The summed E-state index contributed by atoms with van der Waals surface area (Å²) >= 11 is 0. The highest BCUT2D eigenvalue weighted by atomic mass is 16.7. The summed E-state index contributed by atoms with van der Waals surface area (Å²) in [5.74, 6) is -1.66. The number of rotatable bonds is 8. The lowest BCUT2D eigenvalue weighted by atomic mass is 10.1. The third-order valence-corrected chi connectivity index (χ3v) is 7.39. The molecule has 0 bridgehead atoms. The fourth-order valence-electron chi connectivity index (χ4n) is 5.25. The molecule has 0 amide bonds. The molecule has 12 heteroatoms. The van der Waals surface area contributed by atoms with Gasteiger partial charge in [0.2, 0.25) is 0 Å². The zero-order chi connectivity index (χ0) is 32.2. The van der Waals surface area contributed by atoms with Gasteiger partial charge in [-0.3, -0.25) is 0 Å². The summed E-state index contributed by atoms with van der Waals surface area (Å²) in [6, 6.07) is 27.0. The number of aryl methyl sites for hydroxylation is 1. The Balaban J connectivity index is 1.43. The van der Waals surface area contributed by atoms with Gasteiger partial charge in [0, 0.05) is 6.20 Å². The van der Waals surface area contributed by atoms with E-state index in [1.165, 1.54) is 10.8 Å². The molecule has 0 radical (unpaired) electrons. The minimum absolute atomic E-state index is 0.0778. The van der Waals surface area contributed by atoms with Crippen LogP contribution < -0.4 is 5.73 Å². The summed E-state index contributed by atoms with van der Waals surface area (Å²) < 4.78 is 25.5. The van der Waals surface area contributed by atoms with Gasteiger partial charge in [0.25, 0.3) is 0 Å². The fourth-order valence-corrected chi connectivity index (χ4v) is 5.25. The van der Waals surface area contributed by atoms with Crippen molar-refractivity contribution < 1.29 is 33.3 Å². The van der Waals surface area contributed by atoms with Crippen LogP contribution in [0.15, 0.2) is 97.2 Å². The van der Waals surface area contributed by atoms with E-state index in [2.05, 4.69) is 16.0 Å². The van der Waals surface area contributed by atoms with E-state index < -0.39 is 42.4 Å². The highest BCUT2D eigenvalue weighted by Crippen LogP contribution is 2.38. The lowest BCUT2D eigenvalue weighted by molar-refractivity contribution is -0.0604. The summed E-state index contributed by atoms with van der Waals surface area (Å²) in [7, 11) is 0. The van der Waals surface area contributed by atoms with Crippen molar-refractivity contribution in [2.24, 2.45) is 0 Å². The predicted molar refractivity (Wildman–Crippen MR) is 163 cm³/mol. The Hall–Kier alpha value is -6.06. The number of nitriles is 1. The largest absolute Gasteiger partial charge is 0.459 e. The quantitative estimate of drug-likeness (QED) is 0.193. The van der Waals surface area contributed by atoms with Gasteiger partial charge in [-0.05, 0) is 43.3 Å². The van der Waals surface area contributed by atoms with Crippen LogP contribution in [0.25, 0.3) is 11.0 Å². The summed E-state index contributed by atoms with van der Waals surface area (Å²) in [6.07, 6.45) is -3.41. The first-order valence-corrected chi connectivity index (χ1v) is 14.3. The van der Waals surface area contributed by atoms with Crippen molar-refractivity contribution in [3.8, 4) is 6.07 Å². The van der Waals surface area contributed by atoms with Crippen LogP contribution in [0.5, 0.6) is 0 Å². The third-order valence-electron chi connectivity index (χ3n) is 7.39. The molecular formula is C34H27N5O7. The Morgan fingerprint density at radius 1 is 0.826 bits per heavy atom. The van der Waals surface area contributed by atoms with Gasteiger partial charge >= 0.3 is 17.9 Å².